The first-order valence-electron chi connectivity index (χ1n) is 3.68. The molecule has 0 saturated carbocycles. The van der Waals surface area contributed by atoms with Crippen molar-refractivity contribution in [3.05, 3.63) is 0 Å². The van der Waals surface area contributed by atoms with E-state index in [1.165, 1.54) is 11.4 Å². The molecule has 1 unspecified atom stereocenters. The van der Waals surface area contributed by atoms with Crippen LogP contribution < -0.4 is 5.73 Å². The second-order valence-corrected chi connectivity index (χ2v) is 4.97. The fourth-order valence-corrected chi connectivity index (χ4v) is 1.53. The number of rotatable bonds is 4. The first-order valence-corrected chi connectivity index (χ1v) is 5.53. The highest BCUT2D eigenvalue weighted by atomic mass is 32.2. The number of nitrogens with zero attached hydrogens (tertiary/aromatic N) is 2. The summed E-state index contributed by atoms with van der Waals surface area (Å²) >= 11 is 0. The summed E-state index contributed by atoms with van der Waals surface area (Å²) in [6.07, 6.45) is 1.32. The number of sulfonamides is 1. The van der Waals surface area contributed by atoms with E-state index in [4.69, 9.17) is 10.9 Å². The summed E-state index contributed by atoms with van der Waals surface area (Å²) in [5, 5.41) is 11.0. The molecule has 0 fully saturated rings. The van der Waals surface area contributed by atoms with Crippen LogP contribution in [0, 0.1) is 0 Å². The van der Waals surface area contributed by atoms with Crippen molar-refractivity contribution in [3.63, 3.8) is 0 Å². The van der Waals surface area contributed by atoms with Gasteiger partial charge in [-0.25, -0.2) is 12.7 Å². The molecule has 0 heterocycles. The van der Waals surface area contributed by atoms with Crippen LogP contribution in [0.3, 0.4) is 0 Å². The molecule has 0 aromatic carbocycles. The molecule has 0 aliphatic heterocycles. The van der Waals surface area contributed by atoms with Crippen molar-refractivity contribution < 1.29 is 13.6 Å². The third-order valence-corrected chi connectivity index (χ3v) is 3.18. The summed E-state index contributed by atoms with van der Waals surface area (Å²) < 4.78 is 23.2. The Morgan fingerprint density at radius 3 is 2.46 bits per heavy atom. The third-order valence-electron chi connectivity index (χ3n) is 1.78. The van der Waals surface area contributed by atoms with Gasteiger partial charge in [-0.05, 0) is 6.92 Å². The lowest BCUT2D eigenvalue weighted by Gasteiger charge is -2.21. The predicted molar refractivity (Wildman–Crippen MR) is 50.1 cm³/mol. The van der Waals surface area contributed by atoms with Crippen molar-refractivity contribution in [2.75, 3.05) is 13.3 Å². The normalized spacial score (nSPS) is 16.2. The van der Waals surface area contributed by atoms with Crippen molar-refractivity contribution >= 4 is 15.9 Å². The van der Waals surface area contributed by atoms with Crippen LogP contribution in [0.4, 0.5) is 0 Å². The molecule has 6 nitrogen and oxygen atoms in total. The molecule has 13 heavy (non-hydrogen) atoms. The first-order chi connectivity index (χ1) is 5.79. The fraction of sp³-hybridized carbons (Fsp3) is 0.833. The van der Waals surface area contributed by atoms with Gasteiger partial charge in [-0.2, -0.15) is 0 Å². The lowest BCUT2D eigenvalue weighted by atomic mass is 10.2. The van der Waals surface area contributed by atoms with Gasteiger partial charge in [0.25, 0.3) is 0 Å². The van der Waals surface area contributed by atoms with E-state index in [2.05, 4.69) is 5.16 Å². The summed E-state index contributed by atoms with van der Waals surface area (Å²) in [7, 11) is -1.77. The Morgan fingerprint density at radius 1 is 1.69 bits per heavy atom. The van der Waals surface area contributed by atoms with Crippen LogP contribution in [0.5, 0.6) is 0 Å². The zero-order valence-corrected chi connectivity index (χ0v) is 8.74. The zero-order valence-electron chi connectivity index (χ0n) is 7.93. The molecule has 1 atom stereocenters. The smallest absolute Gasteiger partial charge is 0.211 e. The van der Waals surface area contributed by atoms with E-state index in [-0.39, 0.29) is 18.3 Å². The minimum absolute atomic E-state index is 0.0167. The van der Waals surface area contributed by atoms with E-state index in [0.29, 0.717) is 0 Å². The van der Waals surface area contributed by atoms with Gasteiger partial charge < -0.3 is 10.9 Å². The molecule has 0 aromatic heterocycles. The van der Waals surface area contributed by atoms with Gasteiger partial charge in [0.15, 0.2) is 0 Å². The highest BCUT2D eigenvalue weighted by molar-refractivity contribution is 7.88. The molecule has 7 heteroatoms. The van der Waals surface area contributed by atoms with Gasteiger partial charge in [0.2, 0.25) is 10.0 Å². The monoisotopic (exact) mass is 209 g/mol. The van der Waals surface area contributed by atoms with E-state index < -0.39 is 10.0 Å². The quantitative estimate of drug-likeness (QED) is 0.280. The molecule has 0 rings (SSSR count). The van der Waals surface area contributed by atoms with E-state index in [9.17, 15) is 8.42 Å². The Labute approximate surface area is 78.1 Å². The van der Waals surface area contributed by atoms with E-state index in [1.807, 2.05) is 0 Å². The van der Waals surface area contributed by atoms with Crippen molar-refractivity contribution in [3.8, 4) is 0 Å². The average molecular weight is 209 g/mol. The van der Waals surface area contributed by atoms with Gasteiger partial charge in [-0.1, -0.05) is 5.16 Å². The molecule has 3 N–H and O–H groups in total. The molecule has 0 aromatic rings. The van der Waals surface area contributed by atoms with Crippen LogP contribution in [0.15, 0.2) is 5.16 Å². The number of hydrogen-bond acceptors (Lipinski definition) is 4. The second-order valence-electron chi connectivity index (χ2n) is 2.92. The minimum atomic E-state index is -3.21. The van der Waals surface area contributed by atoms with Crippen molar-refractivity contribution in [1.82, 2.24) is 4.31 Å². The summed E-state index contributed by atoms with van der Waals surface area (Å²) in [4.78, 5) is 0. The number of nitrogens with two attached hydrogens (primary N) is 1. The number of oxime groups is 1. The molecule has 0 bridgehead atoms. The standard InChI is InChI=1S/C6H15N3O3S/c1-5(4-6(7)8-10)9(2)13(3,11)12/h5,10H,4H2,1-3H3,(H2,7,8). The van der Waals surface area contributed by atoms with Gasteiger partial charge in [-0.3, -0.25) is 0 Å². The van der Waals surface area contributed by atoms with E-state index >= 15 is 0 Å². The SMILES string of the molecule is CC(CC(N)=NO)N(C)S(C)(=O)=O. The molecule has 0 spiro atoms. The van der Waals surface area contributed by atoms with Gasteiger partial charge in [0.1, 0.15) is 5.84 Å². The Morgan fingerprint density at radius 2 is 2.15 bits per heavy atom. The highest BCUT2D eigenvalue weighted by Crippen LogP contribution is 2.05. The van der Waals surface area contributed by atoms with Gasteiger partial charge >= 0.3 is 0 Å². The molecule has 0 saturated heterocycles. The summed E-state index contributed by atoms with van der Waals surface area (Å²) in [6, 6.07) is -0.314. The van der Waals surface area contributed by atoms with Gasteiger partial charge in [0, 0.05) is 19.5 Å². The van der Waals surface area contributed by atoms with E-state index in [0.717, 1.165) is 6.26 Å². The van der Waals surface area contributed by atoms with Crippen LogP contribution >= 0.6 is 0 Å². The molecular formula is C6H15N3O3S. The molecule has 0 aliphatic carbocycles. The topological polar surface area (TPSA) is 96.0 Å². The lowest BCUT2D eigenvalue weighted by Crippen LogP contribution is -2.37. The maximum absolute atomic E-state index is 11.0. The predicted octanol–water partition coefficient (Wildman–Crippen LogP) is -0.597. The van der Waals surface area contributed by atoms with E-state index in [1.54, 1.807) is 6.92 Å². The minimum Gasteiger partial charge on any atom is -0.409 e. The maximum Gasteiger partial charge on any atom is 0.211 e. The largest absolute Gasteiger partial charge is 0.409 e. The van der Waals surface area contributed by atoms with Crippen LogP contribution in [0.2, 0.25) is 0 Å². The molecular weight excluding hydrogens is 194 g/mol. The van der Waals surface area contributed by atoms with Crippen molar-refractivity contribution in [2.24, 2.45) is 10.9 Å². The summed E-state index contributed by atoms with van der Waals surface area (Å²) in [5.41, 5.74) is 5.23. The zero-order chi connectivity index (χ0) is 10.6. The Balaban J connectivity index is 4.37. The third kappa shape index (κ3) is 4.09. The molecule has 0 aliphatic rings. The summed E-state index contributed by atoms with van der Waals surface area (Å²) in [6.45, 7) is 1.68. The lowest BCUT2D eigenvalue weighted by molar-refractivity contribution is 0.313. The van der Waals surface area contributed by atoms with Gasteiger partial charge in [-0.15, -0.1) is 0 Å². The van der Waals surface area contributed by atoms with Crippen LogP contribution in [-0.2, 0) is 10.0 Å². The average Bonchev–Trinajstić information content (AvgIpc) is 2.01. The Bertz CT molecular complexity index is 285. The van der Waals surface area contributed by atoms with Crippen LogP contribution in [0.25, 0.3) is 0 Å². The highest BCUT2D eigenvalue weighted by Gasteiger charge is 2.19. The van der Waals surface area contributed by atoms with Crippen molar-refractivity contribution in [1.29, 1.82) is 0 Å². The van der Waals surface area contributed by atoms with Gasteiger partial charge in [0.05, 0.1) is 6.26 Å². The van der Waals surface area contributed by atoms with Crippen molar-refractivity contribution in [2.45, 2.75) is 19.4 Å². The first kappa shape index (κ1) is 12.2. The number of hydrogen-bond donors (Lipinski definition) is 2. The second kappa shape index (κ2) is 4.43. The Hall–Kier alpha value is -0.820. The molecule has 0 radical (unpaired) electrons. The summed E-state index contributed by atoms with van der Waals surface area (Å²) in [5.74, 6) is 0.0167. The fourth-order valence-electron chi connectivity index (χ4n) is 0.799. The molecule has 78 valence electrons. The van der Waals surface area contributed by atoms with Crippen LogP contribution in [-0.4, -0.2) is 43.1 Å². The van der Waals surface area contributed by atoms with Crippen LogP contribution in [0.1, 0.15) is 13.3 Å². The maximum atomic E-state index is 11.0. The molecule has 0 amide bonds. The Kier molecular flexibility index (Phi) is 4.15. The number of amidine groups is 1.